The predicted molar refractivity (Wildman–Crippen MR) is 174 cm³/mol. The molecule has 0 aliphatic rings. The number of pyridine rings is 1. The van der Waals surface area contributed by atoms with E-state index >= 15 is 0 Å². The number of anilines is 4. The summed E-state index contributed by atoms with van der Waals surface area (Å²) in [6, 6.07) is 41.5. The number of rotatable bonds is 8. The maximum atomic E-state index is 5.73. The van der Waals surface area contributed by atoms with E-state index in [1.54, 1.807) is 66.7 Å². The molecule has 8 N–H and O–H groups in total. The van der Waals surface area contributed by atoms with E-state index in [1.165, 1.54) is 0 Å². The Morgan fingerprint density at radius 2 is 0.659 bits per heavy atom. The van der Waals surface area contributed by atoms with Gasteiger partial charge in [-0.1, -0.05) is 18.2 Å². The van der Waals surface area contributed by atoms with Crippen LogP contribution in [0, 0.1) is 0 Å². The summed E-state index contributed by atoms with van der Waals surface area (Å²) >= 11 is 0. The van der Waals surface area contributed by atoms with Crippen LogP contribution in [0.3, 0.4) is 0 Å². The Kier molecular flexibility index (Phi) is 9.29. The number of nitrogen functional groups attached to an aromatic ring is 4. The maximum Gasteiger partial charge on any atom is 0.222 e. The number of aromatic nitrogens is 1. The first-order chi connectivity index (χ1) is 21.4. The third-order valence-electron chi connectivity index (χ3n) is 5.91. The molecule has 1 aromatic heterocycles. The van der Waals surface area contributed by atoms with E-state index in [4.69, 9.17) is 41.9 Å². The Labute approximate surface area is 255 Å². The molecule has 0 atom stereocenters. The van der Waals surface area contributed by atoms with E-state index in [9.17, 15) is 0 Å². The highest BCUT2D eigenvalue weighted by molar-refractivity contribution is 5.47. The summed E-state index contributed by atoms with van der Waals surface area (Å²) in [7, 11) is 0. The van der Waals surface area contributed by atoms with Crippen LogP contribution >= 0.6 is 0 Å². The summed E-state index contributed by atoms with van der Waals surface area (Å²) < 4.78 is 22.8. The number of hydrogen-bond acceptors (Lipinski definition) is 9. The summed E-state index contributed by atoms with van der Waals surface area (Å²) in [6.07, 6.45) is 0. The Morgan fingerprint density at radius 1 is 0.318 bits per heavy atom. The van der Waals surface area contributed by atoms with E-state index < -0.39 is 0 Å². The Bertz CT molecular complexity index is 1670. The van der Waals surface area contributed by atoms with E-state index in [0.717, 1.165) is 23.0 Å². The quantitative estimate of drug-likeness (QED) is 0.129. The largest absolute Gasteiger partial charge is 0.457 e. The lowest BCUT2D eigenvalue weighted by molar-refractivity contribution is 0.426. The van der Waals surface area contributed by atoms with Gasteiger partial charge in [-0.2, -0.15) is 4.98 Å². The minimum atomic E-state index is 0.423. The van der Waals surface area contributed by atoms with Gasteiger partial charge in [0.2, 0.25) is 11.8 Å². The average molecular weight is 586 g/mol. The van der Waals surface area contributed by atoms with Gasteiger partial charge in [0.25, 0.3) is 0 Å². The zero-order valence-electron chi connectivity index (χ0n) is 23.7. The van der Waals surface area contributed by atoms with Gasteiger partial charge in [0.05, 0.1) is 0 Å². The topological polar surface area (TPSA) is 154 Å². The van der Waals surface area contributed by atoms with E-state index in [1.807, 2.05) is 72.8 Å². The van der Waals surface area contributed by atoms with Gasteiger partial charge >= 0.3 is 0 Å². The van der Waals surface area contributed by atoms with Gasteiger partial charge in [0.15, 0.2) is 0 Å². The average Bonchev–Trinajstić information content (AvgIpc) is 3.01. The maximum absolute atomic E-state index is 5.73. The molecule has 0 bridgehead atoms. The third kappa shape index (κ3) is 8.82. The first kappa shape index (κ1) is 29.2. The molecule has 6 rings (SSSR count). The molecule has 0 radical (unpaired) electrons. The van der Waals surface area contributed by atoms with Gasteiger partial charge in [0, 0.05) is 47.0 Å². The monoisotopic (exact) mass is 585 g/mol. The molecule has 9 nitrogen and oxygen atoms in total. The van der Waals surface area contributed by atoms with Crippen molar-refractivity contribution in [3.8, 4) is 46.3 Å². The zero-order valence-corrected chi connectivity index (χ0v) is 23.7. The molecule has 0 saturated carbocycles. The summed E-state index contributed by atoms with van der Waals surface area (Å²) in [5.74, 6) is 5.02. The SMILES string of the molecule is Nc1ccc(Oc2ccc(Oc3ccc(N)cc3)cc2)cc1.Nc1cccc(Oc2cccc(Oc3cccc(N)c3)n2)c1. The number of nitrogens with zero attached hydrogens (tertiary/aromatic N) is 1. The molecular weight excluding hydrogens is 554 g/mol. The summed E-state index contributed by atoms with van der Waals surface area (Å²) in [6.45, 7) is 0. The summed E-state index contributed by atoms with van der Waals surface area (Å²) in [4.78, 5) is 4.30. The molecule has 0 saturated heterocycles. The van der Waals surface area contributed by atoms with Crippen molar-refractivity contribution < 1.29 is 18.9 Å². The fourth-order valence-electron chi connectivity index (χ4n) is 3.83. The van der Waals surface area contributed by atoms with Crippen LogP contribution in [0.4, 0.5) is 22.7 Å². The zero-order chi connectivity index (χ0) is 30.7. The van der Waals surface area contributed by atoms with Crippen LogP contribution in [-0.4, -0.2) is 4.98 Å². The second-order valence-electron chi connectivity index (χ2n) is 9.48. The smallest absolute Gasteiger partial charge is 0.222 e. The van der Waals surface area contributed by atoms with Gasteiger partial charge in [-0.25, -0.2) is 0 Å². The fraction of sp³-hybridized carbons (Fsp3) is 0. The lowest BCUT2D eigenvalue weighted by Crippen LogP contribution is -1.93. The molecule has 0 spiro atoms. The molecule has 5 aromatic carbocycles. The van der Waals surface area contributed by atoms with Crippen LogP contribution in [0.5, 0.6) is 46.3 Å². The lowest BCUT2D eigenvalue weighted by Gasteiger charge is -2.08. The Hall–Kier alpha value is -6.35. The van der Waals surface area contributed by atoms with Gasteiger partial charge in [0.1, 0.15) is 34.5 Å². The number of nitrogens with two attached hydrogens (primary N) is 4. The second-order valence-corrected chi connectivity index (χ2v) is 9.48. The molecule has 9 heteroatoms. The Morgan fingerprint density at radius 3 is 1.02 bits per heavy atom. The molecule has 1 heterocycles. The minimum Gasteiger partial charge on any atom is -0.457 e. The van der Waals surface area contributed by atoms with Crippen LogP contribution in [-0.2, 0) is 0 Å². The van der Waals surface area contributed by atoms with Gasteiger partial charge in [-0.3, -0.25) is 0 Å². The molecule has 44 heavy (non-hydrogen) atoms. The molecule has 220 valence electrons. The summed E-state index contributed by atoms with van der Waals surface area (Å²) in [5, 5.41) is 0. The standard InChI is InChI=1S/C18H16N2O2.C17H15N3O2/c19-13-1-5-15(6-2-13)21-17-9-11-18(12-10-17)22-16-7-3-14(20)4-8-16;18-12-4-1-6-14(10-12)21-16-8-3-9-17(20-16)22-15-7-2-5-13(19)11-15/h1-12H,19-20H2;1-11H,18-19H2. The van der Waals surface area contributed by atoms with E-state index in [2.05, 4.69) is 4.98 Å². The van der Waals surface area contributed by atoms with Crippen molar-refractivity contribution in [2.75, 3.05) is 22.9 Å². The normalized spacial score (nSPS) is 10.2. The molecule has 0 aliphatic carbocycles. The highest BCUT2D eigenvalue weighted by atomic mass is 16.5. The molecule has 0 aliphatic heterocycles. The first-order valence-electron chi connectivity index (χ1n) is 13.6. The highest BCUT2D eigenvalue weighted by Gasteiger charge is 2.04. The van der Waals surface area contributed by atoms with Gasteiger partial charge in [-0.15, -0.1) is 0 Å². The van der Waals surface area contributed by atoms with Crippen LogP contribution < -0.4 is 41.9 Å². The number of ether oxygens (including phenoxy) is 4. The van der Waals surface area contributed by atoms with Crippen molar-refractivity contribution in [2.45, 2.75) is 0 Å². The van der Waals surface area contributed by atoms with Crippen molar-refractivity contribution in [1.82, 2.24) is 4.98 Å². The summed E-state index contributed by atoms with van der Waals surface area (Å²) in [5.41, 5.74) is 25.4. The lowest BCUT2D eigenvalue weighted by atomic mass is 10.3. The molecule has 0 amide bonds. The van der Waals surface area contributed by atoms with Crippen LogP contribution in [0.25, 0.3) is 0 Å². The van der Waals surface area contributed by atoms with E-state index in [0.29, 0.717) is 46.0 Å². The van der Waals surface area contributed by atoms with Crippen LogP contribution in [0.2, 0.25) is 0 Å². The second kappa shape index (κ2) is 14.0. The van der Waals surface area contributed by atoms with Crippen LogP contribution in [0.1, 0.15) is 0 Å². The van der Waals surface area contributed by atoms with E-state index in [-0.39, 0.29) is 0 Å². The van der Waals surface area contributed by atoms with Gasteiger partial charge < -0.3 is 41.9 Å². The van der Waals surface area contributed by atoms with Crippen LogP contribution in [0.15, 0.2) is 140 Å². The molecule has 6 aromatic rings. The predicted octanol–water partition coefficient (Wildman–Crippen LogP) is 8.27. The first-order valence-corrected chi connectivity index (χ1v) is 13.6. The fourth-order valence-corrected chi connectivity index (χ4v) is 3.83. The van der Waals surface area contributed by atoms with Crippen molar-refractivity contribution in [3.63, 3.8) is 0 Å². The molecule has 0 unspecified atom stereocenters. The van der Waals surface area contributed by atoms with Crippen molar-refractivity contribution >= 4 is 22.7 Å². The Balaban J connectivity index is 0.000000175. The highest BCUT2D eigenvalue weighted by Crippen LogP contribution is 2.28. The van der Waals surface area contributed by atoms with Crippen molar-refractivity contribution in [2.24, 2.45) is 0 Å². The minimum absolute atomic E-state index is 0.423. The van der Waals surface area contributed by atoms with Gasteiger partial charge in [-0.05, 0) is 97.1 Å². The molecular formula is C35H31N5O4. The number of benzene rings is 5. The molecule has 0 fully saturated rings. The van der Waals surface area contributed by atoms with Crippen molar-refractivity contribution in [3.05, 3.63) is 140 Å². The third-order valence-corrected chi connectivity index (χ3v) is 5.91. The van der Waals surface area contributed by atoms with Crippen molar-refractivity contribution in [1.29, 1.82) is 0 Å². The number of hydrogen-bond donors (Lipinski definition) is 4.